The number of nitrogens with zero attached hydrogens (tertiary/aromatic N) is 2. The Hall–Kier alpha value is -2.82. The molecule has 0 fully saturated rings. The summed E-state index contributed by atoms with van der Waals surface area (Å²) in [5.41, 5.74) is 9.36. The molecule has 132 valence electrons. The van der Waals surface area contributed by atoms with Crippen molar-refractivity contribution >= 4 is 11.9 Å². The highest BCUT2D eigenvalue weighted by molar-refractivity contribution is 5.92. The van der Waals surface area contributed by atoms with Crippen LogP contribution in [0.25, 0.3) is 0 Å². The van der Waals surface area contributed by atoms with E-state index in [0.717, 1.165) is 24.6 Å². The van der Waals surface area contributed by atoms with E-state index in [1.165, 1.54) is 11.1 Å². The smallest absolute Gasteiger partial charge is 0.248 e. The summed E-state index contributed by atoms with van der Waals surface area (Å²) in [6, 6.07) is 15.6. The van der Waals surface area contributed by atoms with Gasteiger partial charge in [0, 0.05) is 25.7 Å². The van der Waals surface area contributed by atoms with Crippen LogP contribution < -0.4 is 11.1 Å². The van der Waals surface area contributed by atoms with Gasteiger partial charge < -0.3 is 16.0 Å². The van der Waals surface area contributed by atoms with Crippen LogP contribution in [0.3, 0.4) is 0 Å². The van der Waals surface area contributed by atoms with Gasteiger partial charge in [-0.3, -0.25) is 4.79 Å². The number of aliphatic imine (C=N–C) groups is 1. The molecule has 0 atom stereocenters. The molecule has 0 unspecified atom stereocenters. The summed E-state index contributed by atoms with van der Waals surface area (Å²) in [6.07, 6.45) is 0. The Morgan fingerprint density at radius 2 is 1.84 bits per heavy atom. The average Bonchev–Trinajstić information content (AvgIpc) is 2.60. The Balaban J connectivity index is 2.09. The quantitative estimate of drug-likeness (QED) is 0.628. The first kappa shape index (κ1) is 18.5. The number of hydrogen-bond acceptors (Lipinski definition) is 2. The fourth-order valence-corrected chi connectivity index (χ4v) is 2.53. The molecule has 25 heavy (non-hydrogen) atoms. The number of carbonyl (C=O) groups excluding carboxylic acids is 1. The van der Waals surface area contributed by atoms with E-state index in [1.54, 1.807) is 12.1 Å². The maximum Gasteiger partial charge on any atom is 0.248 e. The molecule has 2 aromatic carbocycles. The first-order valence-corrected chi connectivity index (χ1v) is 8.44. The van der Waals surface area contributed by atoms with E-state index in [-0.39, 0.29) is 0 Å². The van der Waals surface area contributed by atoms with Gasteiger partial charge >= 0.3 is 0 Å². The van der Waals surface area contributed by atoms with Gasteiger partial charge in [-0.1, -0.05) is 36.4 Å². The minimum atomic E-state index is -0.415. The number of primary amides is 1. The molecule has 2 rings (SSSR count). The minimum absolute atomic E-state index is 0.415. The summed E-state index contributed by atoms with van der Waals surface area (Å²) in [6.45, 7) is 6.31. The molecule has 0 aliphatic rings. The summed E-state index contributed by atoms with van der Waals surface area (Å²) >= 11 is 0. The zero-order valence-electron chi connectivity index (χ0n) is 15.1. The standard InChI is InChI=1S/C20H26N4O/c1-4-22-20(24(3)14-18-8-6-5-7-15(18)2)23-13-16-9-11-17(12-10-16)19(21)25/h5-12H,4,13-14H2,1-3H3,(H2,21,25)(H,22,23). The van der Waals surface area contributed by atoms with Crippen molar-refractivity contribution < 1.29 is 4.79 Å². The van der Waals surface area contributed by atoms with Gasteiger partial charge in [-0.25, -0.2) is 4.99 Å². The predicted molar refractivity (Wildman–Crippen MR) is 102 cm³/mol. The lowest BCUT2D eigenvalue weighted by Gasteiger charge is -2.23. The van der Waals surface area contributed by atoms with Crippen LogP contribution in [-0.2, 0) is 13.1 Å². The van der Waals surface area contributed by atoms with Crippen LogP contribution in [0, 0.1) is 6.92 Å². The number of guanidine groups is 1. The summed E-state index contributed by atoms with van der Waals surface area (Å²) in [5.74, 6) is 0.436. The number of nitrogens with two attached hydrogens (primary N) is 1. The van der Waals surface area contributed by atoms with Crippen molar-refractivity contribution in [3.8, 4) is 0 Å². The first-order chi connectivity index (χ1) is 12.0. The first-order valence-electron chi connectivity index (χ1n) is 8.44. The predicted octanol–water partition coefficient (Wildman–Crippen LogP) is 2.69. The van der Waals surface area contributed by atoms with E-state index in [9.17, 15) is 4.79 Å². The van der Waals surface area contributed by atoms with Crippen LogP contribution in [0.5, 0.6) is 0 Å². The van der Waals surface area contributed by atoms with Gasteiger partial charge in [0.15, 0.2) is 5.96 Å². The van der Waals surface area contributed by atoms with Crippen LogP contribution in [0.2, 0.25) is 0 Å². The van der Waals surface area contributed by atoms with Crippen molar-refractivity contribution in [1.82, 2.24) is 10.2 Å². The molecule has 2 aromatic rings. The number of amides is 1. The number of benzene rings is 2. The highest BCUT2D eigenvalue weighted by atomic mass is 16.1. The van der Waals surface area contributed by atoms with E-state index >= 15 is 0 Å². The number of carbonyl (C=O) groups is 1. The Morgan fingerprint density at radius 3 is 2.44 bits per heavy atom. The molecule has 1 amide bonds. The topological polar surface area (TPSA) is 70.7 Å². The van der Waals surface area contributed by atoms with Crippen molar-refractivity contribution in [1.29, 1.82) is 0 Å². The highest BCUT2D eigenvalue weighted by Crippen LogP contribution is 2.10. The molecule has 0 aliphatic heterocycles. The monoisotopic (exact) mass is 338 g/mol. The lowest BCUT2D eigenvalue weighted by atomic mass is 10.1. The molecule has 3 N–H and O–H groups in total. The van der Waals surface area contributed by atoms with Crippen LogP contribution in [0.4, 0.5) is 0 Å². The van der Waals surface area contributed by atoms with E-state index in [4.69, 9.17) is 10.7 Å². The molecule has 0 spiro atoms. The molecule has 5 nitrogen and oxygen atoms in total. The number of hydrogen-bond donors (Lipinski definition) is 2. The Labute approximate surface area is 149 Å². The van der Waals surface area contributed by atoms with E-state index in [2.05, 4.69) is 42.3 Å². The van der Waals surface area contributed by atoms with Gasteiger partial charge in [0.1, 0.15) is 0 Å². The van der Waals surface area contributed by atoms with E-state index in [1.807, 2.05) is 25.2 Å². The lowest BCUT2D eigenvalue weighted by Crippen LogP contribution is -2.38. The Morgan fingerprint density at radius 1 is 1.16 bits per heavy atom. The van der Waals surface area contributed by atoms with Gasteiger partial charge in [-0.05, 0) is 42.7 Å². The molecule has 0 saturated heterocycles. The zero-order chi connectivity index (χ0) is 18.2. The van der Waals surface area contributed by atoms with E-state index in [0.29, 0.717) is 12.1 Å². The van der Waals surface area contributed by atoms with E-state index < -0.39 is 5.91 Å². The van der Waals surface area contributed by atoms with Crippen LogP contribution in [0.1, 0.15) is 34.0 Å². The Bertz CT molecular complexity index is 738. The summed E-state index contributed by atoms with van der Waals surface area (Å²) in [5, 5.41) is 3.32. The highest BCUT2D eigenvalue weighted by Gasteiger charge is 2.08. The van der Waals surface area contributed by atoms with Gasteiger partial charge in [0.05, 0.1) is 6.54 Å². The van der Waals surface area contributed by atoms with Gasteiger partial charge in [-0.15, -0.1) is 0 Å². The second kappa shape index (κ2) is 8.87. The molecule has 0 bridgehead atoms. The average molecular weight is 338 g/mol. The van der Waals surface area contributed by atoms with Crippen molar-refractivity contribution in [2.75, 3.05) is 13.6 Å². The fourth-order valence-electron chi connectivity index (χ4n) is 2.53. The van der Waals surface area contributed by atoms with Gasteiger partial charge in [0.25, 0.3) is 0 Å². The van der Waals surface area contributed by atoms with Gasteiger partial charge in [0.2, 0.25) is 5.91 Å². The molecule has 0 radical (unpaired) electrons. The third-order valence-electron chi connectivity index (χ3n) is 4.02. The molecule has 0 heterocycles. The second-order valence-corrected chi connectivity index (χ2v) is 6.01. The zero-order valence-corrected chi connectivity index (χ0v) is 15.1. The maximum absolute atomic E-state index is 11.1. The molecule has 0 saturated carbocycles. The summed E-state index contributed by atoms with van der Waals surface area (Å²) < 4.78 is 0. The number of rotatable bonds is 6. The van der Waals surface area contributed by atoms with Gasteiger partial charge in [-0.2, -0.15) is 0 Å². The van der Waals surface area contributed by atoms with Crippen LogP contribution in [0.15, 0.2) is 53.5 Å². The van der Waals surface area contributed by atoms with Crippen LogP contribution in [-0.4, -0.2) is 30.4 Å². The van der Waals surface area contributed by atoms with Crippen LogP contribution >= 0.6 is 0 Å². The summed E-state index contributed by atoms with van der Waals surface area (Å²) in [7, 11) is 2.03. The minimum Gasteiger partial charge on any atom is -0.366 e. The SMILES string of the molecule is CCNC(=NCc1ccc(C(N)=O)cc1)N(C)Cc1ccccc1C. The van der Waals surface area contributed by atoms with Crippen molar-refractivity contribution in [3.63, 3.8) is 0 Å². The van der Waals surface area contributed by atoms with Crippen molar-refractivity contribution in [2.45, 2.75) is 26.9 Å². The second-order valence-electron chi connectivity index (χ2n) is 6.01. The fraction of sp³-hybridized carbons (Fsp3) is 0.300. The third-order valence-corrected chi connectivity index (χ3v) is 4.02. The molecule has 0 aliphatic carbocycles. The maximum atomic E-state index is 11.1. The van der Waals surface area contributed by atoms with Crippen molar-refractivity contribution in [2.24, 2.45) is 10.7 Å². The number of nitrogens with one attached hydrogen (secondary N) is 1. The molecule has 5 heteroatoms. The molecule has 0 aromatic heterocycles. The molecular formula is C20H26N4O. The normalized spacial score (nSPS) is 11.2. The largest absolute Gasteiger partial charge is 0.366 e. The number of aryl methyl sites for hydroxylation is 1. The summed E-state index contributed by atoms with van der Waals surface area (Å²) in [4.78, 5) is 17.9. The third kappa shape index (κ3) is 5.35. The Kier molecular flexibility index (Phi) is 6.57. The lowest BCUT2D eigenvalue weighted by molar-refractivity contribution is 0.100. The van der Waals surface area contributed by atoms with Crippen molar-refractivity contribution in [3.05, 3.63) is 70.8 Å². The molecular weight excluding hydrogens is 312 g/mol.